The van der Waals surface area contributed by atoms with Crippen LogP contribution in [0, 0.1) is 13.7 Å². The summed E-state index contributed by atoms with van der Waals surface area (Å²) in [7, 11) is 0. The second-order valence-corrected chi connectivity index (χ2v) is 6.83. The first kappa shape index (κ1) is 13.8. The number of nitro groups is 1. The van der Waals surface area contributed by atoms with Gasteiger partial charge in [0.2, 0.25) is 0 Å². The maximum Gasteiger partial charge on any atom is 0.282 e. The number of halogens is 1. The van der Waals surface area contributed by atoms with E-state index in [2.05, 4.69) is 21.7 Å². The average Bonchev–Trinajstić information content (AvgIpc) is 3.12. The third kappa shape index (κ3) is 2.95. The molecule has 0 N–H and O–H groups in total. The third-order valence-corrected chi connectivity index (χ3v) is 4.98. The van der Waals surface area contributed by atoms with Crippen LogP contribution in [0.4, 0.5) is 11.4 Å². The predicted octanol–water partition coefficient (Wildman–Crippen LogP) is 4.43. The van der Waals surface area contributed by atoms with E-state index < -0.39 is 0 Å². The Labute approximate surface area is 134 Å². The van der Waals surface area contributed by atoms with Crippen LogP contribution in [0.25, 0.3) is 0 Å². The van der Waals surface area contributed by atoms with Gasteiger partial charge in [-0.3, -0.25) is 10.1 Å². The molecule has 104 valence electrons. The third-order valence-electron chi connectivity index (χ3n) is 3.38. The summed E-state index contributed by atoms with van der Waals surface area (Å²) in [5.74, 6) is 0. The Morgan fingerprint density at radius 1 is 1.40 bits per heavy atom. The van der Waals surface area contributed by atoms with Crippen molar-refractivity contribution in [3.05, 3.63) is 54.3 Å². The number of benzene rings is 1. The summed E-state index contributed by atoms with van der Waals surface area (Å²) >= 11 is 3.74. The van der Waals surface area contributed by atoms with Gasteiger partial charge in [0.05, 0.1) is 8.49 Å². The van der Waals surface area contributed by atoms with Crippen LogP contribution in [-0.4, -0.2) is 11.0 Å². The van der Waals surface area contributed by atoms with Gasteiger partial charge in [-0.2, -0.15) is 11.3 Å². The number of nitro benzene ring substituents is 1. The van der Waals surface area contributed by atoms with Gasteiger partial charge in [0.25, 0.3) is 5.69 Å². The Bertz CT molecular complexity index is 626. The highest BCUT2D eigenvalue weighted by atomic mass is 127. The smallest absolute Gasteiger partial charge is 0.282 e. The molecule has 20 heavy (non-hydrogen) atoms. The number of hydrogen-bond acceptors (Lipinski definition) is 4. The van der Waals surface area contributed by atoms with Crippen molar-refractivity contribution in [3.63, 3.8) is 0 Å². The summed E-state index contributed by atoms with van der Waals surface area (Å²) in [6.45, 7) is 0.877. The molecule has 1 heterocycles. The fourth-order valence-corrected chi connectivity index (χ4v) is 3.57. The molecule has 1 saturated carbocycles. The normalized spacial score (nSPS) is 14.2. The molecule has 0 radical (unpaired) electrons. The molecule has 0 atom stereocenters. The summed E-state index contributed by atoms with van der Waals surface area (Å²) in [6.07, 6.45) is 2.41. The molecule has 6 heteroatoms. The van der Waals surface area contributed by atoms with Crippen LogP contribution in [0.5, 0.6) is 0 Å². The quantitative estimate of drug-likeness (QED) is 0.424. The van der Waals surface area contributed by atoms with E-state index in [1.165, 1.54) is 18.4 Å². The van der Waals surface area contributed by atoms with Gasteiger partial charge in [0.15, 0.2) is 0 Å². The van der Waals surface area contributed by atoms with Crippen LogP contribution in [0.15, 0.2) is 35.0 Å². The van der Waals surface area contributed by atoms with Crippen LogP contribution in [0.3, 0.4) is 0 Å². The van der Waals surface area contributed by atoms with Gasteiger partial charge in [-0.1, -0.05) is 0 Å². The summed E-state index contributed by atoms with van der Waals surface area (Å²) in [4.78, 5) is 12.9. The van der Waals surface area contributed by atoms with Gasteiger partial charge >= 0.3 is 0 Å². The van der Waals surface area contributed by atoms with Crippen molar-refractivity contribution in [2.24, 2.45) is 0 Å². The zero-order valence-corrected chi connectivity index (χ0v) is 13.6. The van der Waals surface area contributed by atoms with E-state index in [4.69, 9.17) is 0 Å². The van der Waals surface area contributed by atoms with Gasteiger partial charge in [-0.25, -0.2) is 0 Å². The minimum atomic E-state index is -0.327. The lowest BCUT2D eigenvalue weighted by molar-refractivity contribution is -0.385. The minimum Gasteiger partial charge on any atom is -0.364 e. The number of anilines is 1. The molecule has 0 aliphatic heterocycles. The molecule has 1 aromatic heterocycles. The van der Waals surface area contributed by atoms with E-state index in [9.17, 15) is 10.1 Å². The monoisotopic (exact) mass is 400 g/mol. The topological polar surface area (TPSA) is 46.4 Å². The van der Waals surface area contributed by atoms with Crippen LogP contribution >= 0.6 is 33.9 Å². The zero-order chi connectivity index (χ0) is 14.1. The van der Waals surface area contributed by atoms with Crippen molar-refractivity contribution in [1.82, 2.24) is 0 Å². The fraction of sp³-hybridized carbons (Fsp3) is 0.286. The molecule has 0 saturated heterocycles. The second-order valence-electron chi connectivity index (χ2n) is 4.88. The highest BCUT2D eigenvalue weighted by Crippen LogP contribution is 2.35. The van der Waals surface area contributed by atoms with Gasteiger partial charge in [-0.05, 0) is 70.0 Å². The van der Waals surface area contributed by atoms with Crippen molar-refractivity contribution in [1.29, 1.82) is 0 Å². The highest BCUT2D eigenvalue weighted by Gasteiger charge is 2.30. The maximum absolute atomic E-state index is 10.9. The summed E-state index contributed by atoms with van der Waals surface area (Å²) in [6, 6.07) is 8.11. The Morgan fingerprint density at radius 3 is 2.75 bits per heavy atom. The zero-order valence-electron chi connectivity index (χ0n) is 10.7. The van der Waals surface area contributed by atoms with Gasteiger partial charge in [0, 0.05) is 24.3 Å². The molecule has 0 unspecified atom stereocenters. The van der Waals surface area contributed by atoms with E-state index in [0.717, 1.165) is 12.2 Å². The Hall–Kier alpha value is -1.15. The van der Waals surface area contributed by atoms with E-state index in [0.29, 0.717) is 9.61 Å². The molecule has 1 aliphatic carbocycles. The molecule has 0 bridgehead atoms. The lowest BCUT2D eigenvalue weighted by Crippen LogP contribution is -2.24. The lowest BCUT2D eigenvalue weighted by atomic mass is 10.2. The van der Waals surface area contributed by atoms with Crippen molar-refractivity contribution in [2.75, 3.05) is 4.90 Å². The van der Waals surface area contributed by atoms with Gasteiger partial charge in [0.1, 0.15) is 0 Å². The molecule has 1 aromatic carbocycles. The average molecular weight is 400 g/mol. The Morgan fingerprint density at radius 2 is 2.20 bits per heavy atom. The van der Waals surface area contributed by atoms with Crippen molar-refractivity contribution >= 4 is 45.3 Å². The van der Waals surface area contributed by atoms with Crippen LogP contribution in [0.2, 0.25) is 0 Å². The van der Waals surface area contributed by atoms with Gasteiger partial charge in [-0.15, -0.1) is 0 Å². The Balaban J connectivity index is 1.88. The highest BCUT2D eigenvalue weighted by molar-refractivity contribution is 14.1. The maximum atomic E-state index is 10.9. The first-order valence-corrected chi connectivity index (χ1v) is 8.39. The predicted molar refractivity (Wildman–Crippen MR) is 89.3 cm³/mol. The molecule has 0 amide bonds. The summed E-state index contributed by atoms with van der Waals surface area (Å²) in [5.41, 5.74) is 2.56. The Kier molecular flexibility index (Phi) is 3.93. The second kappa shape index (κ2) is 5.69. The van der Waals surface area contributed by atoms with E-state index in [1.54, 1.807) is 17.4 Å². The van der Waals surface area contributed by atoms with E-state index in [1.807, 2.05) is 34.7 Å². The summed E-state index contributed by atoms with van der Waals surface area (Å²) in [5, 5.41) is 15.1. The van der Waals surface area contributed by atoms with Crippen molar-refractivity contribution in [2.45, 2.75) is 25.4 Å². The van der Waals surface area contributed by atoms with Gasteiger partial charge < -0.3 is 4.90 Å². The lowest BCUT2D eigenvalue weighted by Gasteiger charge is -2.24. The molecule has 1 fully saturated rings. The molecule has 2 aromatic rings. The van der Waals surface area contributed by atoms with Crippen LogP contribution in [-0.2, 0) is 6.54 Å². The number of nitrogens with zero attached hydrogens (tertiary/aromatic N) is 2. The molecular weight excluding hydrogens is 387 g/mol. The molecule has 3 rings (SSSR count). The number of thiophene rings is 1. The van der Waals surface area contributed by atoms with Crippen molar-refractivity contribution < 1.29 is 4.92 Å². The standard InChI is InChI=1S/C14H13IN2O2S/c15-13-7-12(3-4-14(13)17(18)19)16(11-1-2-11)8-10-5-6-20-9-10/h3-7,9,11H,1-2,8H2. The molecular formula is C14H13IN2O2S. The number of hydrogen-bond donors (Lipinski definition) is 0. The summed E-state index contributed by atoms with van der Waals surface area (Å²) < 4.78 is 0.695. The largest absolute Gasteiger partial charge is 0.364 e. The molecule has 1 aliphatic rings. The molecule has 4 nitrogen and oxygen atoms in total. The fourth-order valence-electron chi connectivity index (χ4n) is 2.22. The van der Waals surface area contributed by atoms with Crippen LogP contribution in [0.1, 0.15) is 18.4 Å². The minimum absolute atomic E-state index is 0.181. The van der Waals surface area contributed by atoms with E-state index in [-0.39, 0.29) is 10.6 Å². The van der Waals surface area contributed by atoms with Crippen molar-refractivity contribution in [3.8, 4) is 0 Å². The SMILES string of the molecule is O=[N+]([O-])c1ccc(N(Cc2ccsc2)C2CC2)cc1I. The van der Waals surface area contributed by atoms with E-state index >= 15 is 0 Å². The molecule has 0 spiro atoms. The number of rotatable bonds is 5. The first-order valence-electron chi connectivity index (χ1n) is 6.37. The van der Waals surface area contributed by atoms with Crippen LogP contribution < -0.4 is 4.90 Å². The first-order chi connectivity index (χ1) is 9.65.